The highest BCUT2D eigenvalue weighted by molar-refractivity contribution is 5.87. The molecule has 1 aliphatic rings. The lowest BCUT2D eigenvalue weighted by Gasteiger charge is -2.27. The lowest BCUT2D eigenvalue weighted by Crippen LogP contribution is -2.48. The molecule has 6 nitrogen and oxygen atoms in total. The minimum atomic E-state index is -0.408. The Kier molecular flexibility index (Phi) is 4.17. The lowest BCUT2D eigenvalue weighted by atomic mass is 10.1. The second kappa shape index (κ2) is 6.25. The van der Waals surface area contributed by atoms with Gasteiger partial charge in [-0.05, 0) is 23.8 Å². The van der Waals surface area contributed by atoms with E-state index in [2.05, 4.69) is 10.4 Å². The number of nitrogens with zero attached hydrogens (tertiary/aromatic N) is 1. The Labute approximate surface area is 125 Å². The van der Waals surface area contributed by atoms with Gasteiger partial charge in [-0.3, -0.25) is 15.0 Å². The molecule has 1 amide bonds. The van der Waals surface area contributed by atoms with Crippen molar-refractivity contribution in [3.05, 3.63) is 46.0 Å². The van der Waals surface area contributed by atoms with Crippen LogP contribution in [0.1, 0.15) is 5.56 Å². The van der Waals surface area contributed by atoms with Crippen LogP contribution in [0.15, 0.2) is 29.1 Å². The number of carbonyl (C=O) groups excluding carboxylic acids is 1. The summed E-state index contributed by atoms with van der Waals surface area (Å²) in [4.78, 5) is 26.4. The number of nitrogens with one attached hydrogen (secondary N) is 2. The summed E-state index contributed by atoms with van der Waals surface area (Å²) in [6.07, 6.45) is 0.0151. The Balaban J connectivity index is 1.81. The van der Waals surface area contributed by atoms with Gasteiger partial charge in [0, 0.05) is 30.1 Å². The van der Waals surface area contributed by atoms with E-state index in [-0.39, 0.29) is 17.9 Å². The maximum absolute atomic E-state index is 13.4. The van der Waals surface area contributed by atoms with Crippen molar-refractivity contribution in [2.24, 2.45) is 0 Å². The van der Waals surface area contributed by atoms with Crippen molar-refractivity contribution in [3.8, 4) is 0 Å². The first kappa shape index (κ1) is 14.7. The maximum Gasteiger partial charge on any atom is 0.248 e. The van der Waals surface area contributed by atoms with Crippen LogP contribution in [-0.2, 0) is 16.0 Å². The predicted octanol–water partition coefficient (Wildman–Crippen LogP) is 0.573. The van der Waals surface area contributed by atoms with Crippen LogP contribution < -0.4 is 11.0 Å². The van der Waals surface area contributed by atoms with E-state index in [9.17, 15) is 14.0 Å². The number of hydrogen-bond acceptors (Lipinski definition) is 4. The first-order valence-corrected chi connectivity index (χ1v) is 7.05. The monoisotopic (exact) mass is 305 g/mol. The minimum Gasteiger partial charge on any atom is -0.379 e. The van der Waals surface area contributed by atoms with Crippen molar-refractivity contribution in [1.82, 2.24) is 15.4 Å². The number of pyridine rings is 1. The number of benzene rings is 1. The van der Waals surface area contributed by atoms with Gasteiger partial charge in [0.1, 0.15) is 5.82 Å². The van der Waals surface area contributed by atoms with Gasteiger partial charge in [-0.25, -0.2) is 9.40 Å². The SMILES string of the molecule is O=C(Cc1cc(=O)[nH]c2ccc(F)cc12)NN1CCOCC1. The van der Waals surface area contributed by atoms with Gasteiger partial charge in [0.05, 0.1) is 19.6 Å². The fraction of sp³-hybridized carbons (Fsp3) is 0.333. The number of hydrogen-bond donors (Lipinski definition) is 2. The van der Waals surface area contributed by atoms with E-state index in [1.807, 2.05) is 0 Å². The Hall–Kier alpha value is -2.25. The molecule has 1 saturated heterocycles. The lowest BCUT2D eigenvalue weighted by molar-refractivity contribution is -0.127. The number of ether oxygens (including phenoxy) is 1. The zero-order valence-corrected chi connectivity index (χ0v) is 11.9. The van der Waals surface area contributed by atoms with Gasteiger partial charge < -0.3 is 9.72 Å². The molecule has 0 aliphatic carbocycles. The van der Waals surface area contributed by atoms with Crippen molar-refractivity contribution in [1.29, 1.82) is 0 Å². The molecule has 2 heterocycles. The molecule has 116 valence electrons. The molecule has 22 heavy (non-hydrogen) atoms. The van der Waals surface area contributed by atoms with Crippen molar-refractivity contribution < 1.29 is 13.9 Å². The summed E-state index contributed by atoms with van der Waals surface area (Å²) < 4.78 is 18.6. The average Bonchev–Trinajstić information content (AvgIpc) is 2.49. The van der Waals surface area contributed by atoms with Crippen LogP contribution in [0.3, 0.4) is 0 Å². The van der Waals surface area contributed by atoms with Gasteiger partial charge in [0.25, 0.3) is 0 Å². The molecule has 0 unspecified atom stereocenters. The van der Waals surface area contributed by atoms with Gasteiger partial charge in [-0.15, -0.1) is 0 Å². The molecule has 1 fully saturated rings. The van der Waals surface area contributed by atoms with E-state index < -0.39 is 5.82 Å². The number of halogens is 1. The average molecular weight is 305 g/mol. The minimum absolute atomic E-state index is 0.0151. The number of aromatic nitrogens is 1. The summed E-state index contributed by atoms with van der Waals surface area (Å²) in [5, 5.41) is 2.32. The van der Waals surface area contributed by atoms with E-state index in [1.54, 1.807) is 5.01 Å². The molecule has 1 aromatic heterocycles. The first-order chi connectivity index (χ1) is 10.6. The second-order valence-corrected chi connectivity index (χ2v) is 5.16. The number of aromatic amines is 1. The van der Waals surface area contributed by atoms with Gasteiger partial charge >= 0.3 is 0 Å². The number of amides is 1. The third-order valence-corrected chi connectivity index (χ3v) is 3.54. The van der Waals surface area contributed by atoms with Crippen LogP contribution in [0.25, 0.3) is 10.9 Å². The van der Waals surface area contributed by atoms with E-state index in [0.717, 1.165) is 0 Å². The van der Waals surface area contributed by atoms with Crippen LogP contribution in [0.4, 0.5) is 4.39 Å². The Morgan fingerprint density at radius 3 is 2.86 bits per heavy atom. The summed E-state index contributed by atoms with van der Waals surface area (Å²) >= 11 is 0. The molecule has 0 radical (unpaired) electrons. The van der Waals surface area contributed by atoms with Crippen LogP contribution in [0.2, 0.25) is 0 Å². The first-order valence-electron chi connectivity index (χ1n) is 7.05. The fourth-order valence-electron chi connectivity index (χ4n) is 2.51. The zero-order chi connectivity index (χ0) is 15.5. The number of carbonyl (C=O) groups is 1. The van der Waals surface area contributed by atoms with Gasteiger partial charge in [0.15, 0.2) is 0 Å². The summed E-state index contributed by atoms with van der Waals surface area (Å²) in [6.45, 7) is 2.38. The molecule has 0 spiro atoms. The Morgan fingerprint density at radius 1 is 1.32 bits per heavy atom. The van der Waals surface area contributed by atoms with E-state index in [4.69, 9.17) is 4.74 Å². The maximum atomic E-state index is 13.4. The van der Waals surface area contributed by atoms with Crippen molar-refractivity contribution in [2.75, 3.05) is 26.3 Å². The molecule has 1 aromatic carbocycles. The molecule has 7 heteroatoms. The molecule has 0 atom stereocenters. The molecular weight excluding hydrogens is 289 g/mol. The largest absolute Gasteiger partial charge is 0.379 e. The van der Waals surface area contributed by atoms with Crippen molar-refractivity contribution >= 4 is 16.8 Å². The summed E-state index contributed by atoms with van der Waals surface area (Å²) in [5.41, 5.74) is 3.48. The summed E-state index contributed by atoms with van der Waals surface area (Å²) in [5.74, 6) is -0.646. The second-order valence-electron chi connectivity index (χ2n) is 5.16. The van der Waals surface area contributed by atoms with E-state index >= 15 is 0 Å². The smallest absolute Gasteiger partial charge is 0.248 e. The van der Waals surface area contributed by atoms with Crippen LogP contribution in [0.5, 0.6) is 0 Å². The Bertz CT molecular complexity index is 753. The molecular formula is C15H16FN3O3. The van der Waals surface area contributed by atoms with Crippen LogP contribution in [0, 0.1) is 5.82 Å². The highest BCUT2D eigenvalue weighted by atomic mass is 19.1. The summed E-state index contributed by atoms with van der Waals surface area (Å²) in [6, 6.07) is 5.43. The van der Waals surface area contributed by atoms with Crippen molar-refractivity contribution in [2.45, 2.75) is 6.42 Å². The van der Waals surface area contributed by atoms with Gasteiger partial charge in [-0.2, -0.15) is 0 Å². The molecule has 3 rings (SSSR count). The number of hydrazine groups is 1. The topological polar surface area (TPSA) is 74.4 Å². The molecule has 2 N–H and O–H groups in total. The molecule has 0 saturated carbocycles. The highest BCUT2D eigenvalue weighted by Gasteiger charge is 2.15. The van der Waals surface area contributed by atoms with Crippen molar-refractivity contribution in [3.63, 3.8) is 0 Å². The van der Waals surface area contributed by atoms with E-state index in [0.29, 0.717) is 42.8 Å². The van der Waals surface area contributed by atoms with Gasteiger partial charge in [0.2, 0.25) is 11.5 Å². The number of fused-ring (bicyclic) bond motifs is 1. The highest BCUT2D eigenvalue weighted by Crippen LogP contribution is 2.17. The number of rotatable bonds is 3. The van der Waals surface area contributed by atoms with Crippen LogP contribution >= 0.6 is 0 Å². The zero-order valence-electron chi connectivity index (χ0n) is 11.9. The van der Waals surface area contributed by atoms with Gasteiger partial charge in [-0.1, -0.05) is 0 Å². The molecule has 0 bridgehead atoms. The standard InChI is InChI=1S/C15H16FN3O3/c16-11-1-2-13-12(9-11)10(7-14(20)17-13)8-15(21)18-19-3-5-22-6-4-19/h1-2,7,9H,3-6,8H2,(H,17,20)(H,18,21). The quantitative estimate of drug-likeness (QED) is 0.869. The Morgan fingerprint density at radius 2 is 2.09 bits per heavy atom. The number of H-pyrrole nitrogens is 1. The molecule has 2 aromatic rings. The predicted molar refractivity (Wildman–Crippen MR) is 78.8 cm³/mol. The van der Waals surface area contributed by atoms with Crippen LogP contribution in [-0.4, -0.2) is 42.2 Å². The normalized spacial score (nSPS) is 15.9. The third-order valence-electron chi connectivity index (χ3n) is 3.54. The third kappa shape index (κ3) is 3.32. The fourth-order valence-corrected chi connectivity index (χ4v) is 2.51. The number of morpholine rings is 1. The van der Waals surface area contributed by atoms with E-state index in [1.165, 1.54) is 24.3 Å². The molecule has 1 aliphatic heterocycles. The summed E-state index contributed by atoms with van der Waals surface area (Å²) in [7, 11) is 0.